The van der Waals surface area contributed by atoms with Crippen molar-refractivity contribution in [2.24, 2.45) is 0 Å². The molecule has 0 bridgehead atoms. The minimum absolute atomic E-state index is 0.00956. The van der Waals surface area contributed by atoms with Crippen molar-refractivity contribution < 1.29 is 13.2 Å². The smallest absolute Gasteiger partial charge is 0.317 e. The van der Waals surface area contributed by atoms with Crippen molar-refractivity contribution in [1.82, 2.24) is 5.32 Å². The average Bonchev–Trinajstić information content (AvgIpc) is 2.29. The molecule has 0 amide bonds. The predicted octanol–water partition coefficient (Wildman–Crippen LogP) is 2.97. The molecule has 1 aromatic carbocycles. The van der Waals surface area contributed by atoms with E-state index in [2.05, 4.69) is 11.4 Å². The van der Waals surface area contributed by atoms with Gasteiger partial charge in [-0.2, -0.15) is 13.2 Å². The van der Waals surface area contributed by atoms with Crippen LogP contribution in [0.3, 0.4) is 0 Å². The molecule has 1 N–H and O–H groups in total. The Labute approximate surface area is 92.7 Å². The van der Waals surface area contributed by atoms with Gasteiger partial charge in [-0.05, 0) is 43.5 Å². The van der Waals surface area contributed by atoms with Gasteiger partial charge in [0.05, 0.1) is 5.56 Å². The minimum atomic E-state index is -4.29. The summed E-state index contributed by atoms with van der Waals surface area (Å²) in [7, 11) is 0. The fourth-order valence-corrected chi connectivity index (χ4v) is 2.17. The second-order valence-corrected chi connectivity index (χ2v) is 4.02. The Hall–Kier alpha value is -1.03. The Balaban J connectivity index is 2.32. The summed E-state index contributed by atoms with van der Waals surface area (Å²) in [4.78, 5) is 0. The molecular weight excluding hydrogens is 215 g/mol. The van der Waals surface area contributed by atoms with E-state index in [0.29, 0.717) is 5.56 Å². The van der Waals surface area contributed by atoms with Crippen molar-refractivity contribution in [1.29, 1.82) is 0 Å². The molecule has 1 fully saturated rings. The number of hydrogen-bond acceptors (Lipinski definition) is 1. The fraction of sp³-hybridized carbons (Fsp3) is 0.500. The number of benzene rings is 1. The molecule has 1 aromatic rings. The molecule has 4 heteroatoms. The number of halogens is 3. The third kappa shape index (κ3) is 2.38. The van der Waals surface area contributed by atoms with Crippen molar-refractivity contribution in [3.63, 3.8) is 0 Å². The molecule has 1 saturated heterocycles. The average molecular weight is 228 g/mol. The van der Waals surface area contributed by atoms with Crippen molar-refractivity contribution in [3.05, 3.63) is 35.4 Å². The molecule has 2 rings (SSSR count). The van der Waals surface area contributed by atoms with Gasteiger partial charge in [-0.3, -0.25) is 0 Å². The van der Waals surface area contributed by atoms with E-state index < -0.39 is 11.7 Å². The van der Waals surface area contributed by atoms with Gasteiger partial charge in [0.1, 0.15) is 0 Å². The monoisotopic (exact) mass is 228 g/mol. The number of rotatable bonds is 1. The highest BCUT2D eigenvalue weighted by Gasteiger charge is 2.35. The Kier molecular flexibility index (Phi) is 3.19. The van der Waals surface area contributed by atoms with Crippen LogP contribution < -0.4 is 5.32 Å². The van der Waals surface area contributed by atoms with Crippen LogP contribution >= 0.6 is 0 Å². The summed E-state index contributed by atoms with van der Waals surface area (Å²) in [5, 5.41) is 3.15. The normalized spacial score (nSPS) is 18.7. The van der Waals surface area contributed by atoms with Gasteiger partial charge in [0, 0.05) is 0 Å². The molecule has 1 radical (unpaired) electrons. The lowest BCUT2D eigenvalue weighted by Crippen LogP contribution is -2.27. The van der Waals surface area contributed by atoms with E-state index in [1.54, 1.807) is 12.1 Å². The lowest BCUT2D eigenvalue weighted by atomic mass is 9.87. The van der Waals surface area contributed by atoms with E-state index in [9.17, 15) is 13.2 Å². The lowest BCUT2D eigenvalue weighted by Gasteiger charge is -2.25. The second kappa shape index (κ2) is 4.45. The Morgan fingerprint density at radius 2 is 1.94 bits per heavy atom. The first-order valence-electron chi connectivity index (χ1n) is 5.37. The van der Waals surface area contributed by atoms with Gasteiger partial charge in [-0.1, -0.05) is 18.2 Å². The molecule has 1 heterocycles. The van der Waals surface area contributed by atoms with Gasteiger partial charge >= 0.3 is 6.18 Å². The highest BCUT2D eigenvalue weighted by molar-refractivity contribution is 5.32. The van der Waals surface area contributed by atoms with Crippen LogP contribution in [0.15, 0.2) is 18.2 Å². The van der Waals surface area contributed by atoms with E-state index in [4.69, 9.17) is 0 Å². The highest BCUT2D eigenvalue weighted by Crippen LogP contribution is 2.37. The molecule has 1 nitrogen and oxygen atoms in total. The van der Waals surface area contributed by atoms with Crippen molar-refractivity contribution in [2.75, 3.05) is 13.1 Å². The van der Waals surface area contributed by atoms with E-state index >= 15 is 0 Å². The topological polar surface area (TPSA) is 12.0 Å². The SMILES string of the molecule is FC(F)(F)c1[c]cccc1C1CCNCC1. The van der Waals surface area contributed by atoms with E-state index in [1.165, 1.54) is 6.07 Å². The largest absolute Gasteiger partial charge is 0.417 e. The summed E-state index contributed by atoms with van der Waals surface area (Å²) < 4.78 is 38.3. The number of hydrogen-bond donors (Lipinski definition) is 1. The van der Waals surface area contributed by atoms with Crippen LogP contribution in [0.5, 0.6) is 0 Å². The minimum Gasteiger partial charge on any atom is -0.317 e. The third-order valence-corrected chi connectivity index (χ3v) is 2.95. The molecule has 87 valence electrons. The van der Waals surface area contributed by atoms with Crippen LogP contribution in [0, 0.1) is 6.07 Å². The molecule has 1 aliphatic rings. The highest BCUT2D eigenvalue weighted by atomic mass is 19.4. The maximum atomic E-state index is 12.8. The quantitative estimate of drug-likeness (QED) is 0.779. The van der Waals surface area contributed by atoms with Gasteiger partial charge < -0.3 is 5.32 Å². The predicted molar refractivity (Wildman–Crippen MR) is 55.1 cm³/mol. The third-order valence-electron chi connectivity index (χ3n) is 2.95. The van der Waals surface area contributed by atoms with Crippen molar-refractivity contribution >= 4 is 0 Å². The molecule has 0 saturated carbocycles. The van der Waals surface area contributed by atoms with Gasteiger partial charge in [0.2, 0.25) is 0 Å². The molecule has 0 atom stereocenters. The Morgan fingerprint density at radius 1 is 1.25 bits per heavy atom. The maximum Gasteiger partial charge on any atom is 0.417 e. The zero-order valence-corrected chi connectivity index (χ0v) is 8.77. The van der Waals surface area contributed by atoms with E-state index in [-0.39, 0.29) is 5.92 Å². The van der Waals surface area contributed by atoms with Crippen molar-refractivity contribution in [3.8, 4) is 0 Å². The zero-order chi connectivity index (χ0) is 11.6. The van der Waals surface area contributed by atoms with Crippen LogP contribution in [0.1, 0.15) is 29.9 Å². The summed E-state index contributed by atoms with van der Waals surface area (Å²) in [5.74, 6) is 0.00956. The van der Waals surface area contributed by atoms with Crippen LogP contribution in [0.25, 0.3) is 0 Å². The second-order valence-electron chi connectivity index (χ2n) is 4.02. The van der Waals surface area contributed by atoms with Gasteiger partial charge in [-0.25, -0.2) is 0 Å². The maximum absolute atomic E-state index is 12.8. The summed E-state index contributed by atoms with van der Waals surface area (Å²) >= 11 is 0. The Bertz CT molecular complexity index is 354. The first-order valence-corrected chi connectivity index (χ1v) is 5.37. The van der Waals surface area contributed by atoms with Gasteiger partial charge in [-0.15, -0.1) is 0 Å². The molecule has 0 aliphatic carbocycles. The molecular formula is C12H13F3N. The summed E-state index contributed by atoms with van der Waals surface area (Å²) in [6.45, 7) is 1.58. The first-order chi connectivity index (χ1) is 7.59. The standard InChI is InChI=1S/C12H13F3N/c13-12(14,15)11-4-2-1-3-10(11)9-5-7-16-8-6-9/h1-3,9,16H,5-8H2. The Morgan fingerprint density at radius 3 is 2.56 bits per heavy atom. The van der Waals surface area contributed by atoms with Crippen LogP contribution in [0.2, 0.25) is 0 Å². The summed E-state index contributed by atoms with van der Waals surface area (Å²) in [6, 6.07) is 6.87. The van der Waals surface area contributed by atoms with Crippen molar-refractivity contribution in [2.45, 2.75) is 24.9 Å². The fourth-order valence-electron chi connectivity index (χ4n) is 2.17. The molecule has 0 spiro atoms. The van der Waals surface area contributed by atoms with Gasteiger partial charge in [0.25, 0.3) is 0 Å². The number of nitrogens with one attached hydrogen (secondary N) is 1. The summed E-state index contributed by atoms with van der Waals surface area (Å²) in [5.41, 5.74) is -0.196. The van der Waals surface area contributed by atoms with Crippen LogP contribution in [0.4, 0.5) is 13.2 Å². The molecule has 16 heavy (non-hydrogen) atoms. The van der Waals surface area contributed by atoms with Crippen LogP contribution in [-0.4, -0.2) is 13.1 Å². The van der Waals surface area contributed by atoms with Gasteiger partial charge in [0.15, 0.2) is 0 Å². The molecule has 1 aliphatic heterocycles. The molecule has 0 aromatic heterocycles. The van der Waals surface area contributed by atoms with Crippen LogP contribution in [-0.2, 0) is 6.18 Å². The van der Waals surface area contributed by atoms with E-state index in [1.807, 2.05) is 0 Å². The van der Waals surface area contributed by atoms with E-state index in [0.717, 1.165) is 25.9 Å². The lowest BCUT2D eigenvalue weighted by molar-refractivity contribution is -0.138. The zero-order valence-electron chi connectivity index (χ0n) is 8.77. The summed E-state index contributed by atoms with van der Waals surface area (Å²) in [6.07, 6.45) is -2.76. The number of piperidine rings is 1. The molecule has 0 unspecified atom stereocenters. The first kappa shape index (κ1) is 11.5. The number of alkyl halides is 3.